The van der Waals surface area contributed by atoms with Gasteiger partial charge in [-0.1, -0.05) is 18.2 Å². The zero-order chi connectivity index (χ0) is 20.2. The molecule has 1 aromatic carbocycles. The number of furan rings is 1. The summed E-state index contributed by atoms with van der Waals surface area (Å²) in [5, 5.41) is 0. The molecule has 3 aromatic rings. The number of carbonyl (C=O) groups is 1. The third-order valence-electron chi connectivity index (χ3n) is 5.62. The van der Waals surface area contributed by atoms with Gasteiger partial charge in [0.2, 0.25) is 5.91 Å². The van der Waals surface area contributed by atoms with Crippen molar-refractivity contribution in [1.82, 2.24) is 9.47 Å². The Balaban J connectivity index is 1.38. The number of piperazine rings is 1. The van der Waals surface area contributed by atoms with Gasteiger partial charge in [-0.3, -0.25) is 4.79 Å². The van der Waals surface area contributed by atoms with E-state index in [1.54, 1.807) is 12.3 Å². The summed E-state index contributed by atoms with van der Waals surface area (Å²) in [6.07, 6.45) is 5.34. The molecule has 5 nitrogen and oxygen atoms in total. The van der Waals surface area contributed by atoms with E-state index in [1.807, 2.05) is 29.2 Å². The first-order valence-electron chi connectivity index (χ1n) is 10.1. The Kier molecular flexibility index (Phi) is 5.56. The minimum Gasteiger partial charge on any atom is -0.467 e. The van der Waals surface area contributed by atoms with Crippen molar-refractivity contribution in [1.29, 1.82) is 0 Å². The smallest absolute Gasteiger partial charge is 0.246 e. The molecule has 1 saturated heterocycles. The first kappa shape index (κ1) is 19.1. The molecular formula is C24H27N3O2. The average molecular weight is 389 g/mol. The van der Waals surface area contributed by atoms with Gasteiger partial charge in [-0.25, -0.2) is 0 Å². The van der Waals surface area contributed by atoms with Crippen molar-refractivity contribution in [3.63, 3.8) is 0 Å². The number of rotatable bonds is 5. The lowest BCUT2D eigenvalue weighted by atomic mass is 10.2. The van der Waals surface area contributed by atoms with E-state index in [0.29, 0.717) is 6.54 Å². The highest BCUT2D eigenvalue weighted by atomic mass is 16.3. The largest absolute Gasteiger partial charge is 0.467 e. The molecule has 0 unspecified atom stereocenters. The zero-order valence-electron chi connectivity index (χ0n) is 17.0. The summed E-state index contributed by atoms with van der Waals surface area (Å²) in [6.45, 7) is 8.08. The van der Waals surface area contributed by atoms with Crippen LogP contribution in [0, 0.1) is 13.8 Å². The van der Waals surface area contributed by atoms with Gasteiger partial charge >= 0.3 is 0 Å². The summed E-state index contributed by atoms with van der Waals surface area (Å²) in [4.78, 5) is 16.9. The van der Waals surface area contributed by atoms with Gasteiger partial charge in [-0.15, -0.1) is 0 Å². The Bertz CT molecular complexity index is 979. The van der Waals surface area contributed by atoms with E-state index in [1.165, 1.54) is 5.69 Å². The van der Waals surface area contributed by atoms with Gasteiger partial charge in [-0.05, 0) is 55.8 Å². The number of anilines is 1. The monoisotopic (exact) mass is 389 g/mol. The predicted molar refractivity (Wildman–Crippen MR) is 116 cm³/mol. The maximum atomic E-state index is 12.7. The minimum atomic E-state index is 0.0774. The van der Waals surface area contributed by atoms with Crippen LogP contribution in [0.5, 0.6) is 0 Å². The van der Waals surface area contributed by atoms with Gasteiger partial charge in [0.15, 0.2) is 0 Å². The molecule has 0 atom stereocenters. The number of para-hydroxylation sites is 1. The van der Waals surface area contributed by atoms with E-state index in [0.717, 1.165) is 48.9 Å². The molecule has 1 aliphatic heterocycles. The maximum absolute atomic E-state index is 12.7. The van der Waals surface area contributed by atoms with Crippen LogP contribution in [0.25, 0.3) is 6.08 Å². The van der Waals surface area contributed by atoms with Gasteiger partial charge < -0.3 is 18.8 Å². The van der Waals surface area contributed by atoms with Gasteiger partial charge in [0.05, 0.1) is 12.8 Å². The second-order valence-corrected chi connectivity index (χ2v) is 7.47. The summed E-state index contributed by atoms with van der Waals surface area (Å²) >= 11 is 0. The van der Waals surface area contributed by atoms with Crippen LogP contribution in [-0.4, -0.2) is 41.6 Å². The first-order valence-corrected chi connectivity index (χ1v) is 10.1. The van der Waals surface area contributed by atoms with Crippen molar-refractivity contribution in [2.24, 2.45) is 0 Å². The molecule has 0 spiro atoms. The third kappa shape index (κ3) is 4.29. The number of carbonyl (C=O) groups excluding carboxylic acids is 1. The number of hydrogen-bond acceptors (Lipinski definition) is 3. The van der Waals surface area contributed by atoms with E-state index >= 15 is 0 Å². The SMILES string of the molecule is Cc1cc(/C=C/C(=O)N2CCN(c3ccccc3)CC2)c(C)n1Cc1ccco1. The van der Waals surface area contributed by atoms with Gasteiger partial charge in [0.25, 0.3) is 0 Å². The molecule has 0 saturated carbocycles. The lowest BCUT2D eigenvalue weighted by Crippen LogP contribution is -2.48. The Labute approximate surface area is 171 Å². The van der Waals surface area contributed by atoms with Gasteiger partial charge in [0.1, 0.15) is 5.76 Å². The number of benzene rings is 1. The summed E-state index contributed by atoms with van der Waals surface area (Å²) in [5.74, 6) is 1.00. The number of aromatic nitrogens is 1. The van der Waals surface area contributed by atoms with Crippen molar-refractivity contribution in [2.45, 2.75) is 20.4 Å². The van der Waals surface area contributed by atoms with Crippen LogP contribution in [0.4, 0.5) is 5.69 Å². The number of nitrogens with zero attached hydrogens (tertiary/aromatic N) is 3. The third-order valence-corrected chi connectivity index (χ3v) is 5.62. The second kappa shape index (κ2) is 8.43. The molecule has 4 rings (SSSR count). The van der Waals surface area contributed by atoms with Crippen LogP contribution < -0.4 is 4.90 Å². The molecule has 150 valence electrons. The topological polar surface area (TPSA) is 41.6 Å². The second-order valence-electron chi connectivity index (χ2n) is 7.47. The van der Waals surface area contributed by atoms with Crippen molar-refractivity contribution in [2.75, 3.05) is 31.1 Å². The number of aryl methyl sites for hydroxylation is 1. The Hall–Kier alpha value is -3.21. The molecule has 0 bridgehead atoms. The summed E-state index contributed by atoms with van der Waals surface area (Å²) < 4.78 is 7.68. The summed E-state index contributed by atoms with van der Waals surface area (Å²) in [6, 6.07) is 16.4. The van der Waals surface area contributed by atoms with Gasteiger partial charge in [-0.2, -0.15) is 0 Å². The van der Waals surface area contributed by atoms with Gasteiger partial charge in [0, 0.05) is 49.3 Å². The van der Waals surface area contributed by atoms with E-state index in [4.69, 9.17) is 4.42 Å². The van der Waals surface area contributed by atoms with Crippen molar-refractivity contribution < 1.29 is 9.21 Å². The highest BCUT2D eigenvalue weighted by Crippen LogP contribution is 2.19. The highest BCUT2D eigenvalue weighted by Gasteiger charge is 2.19. The van der Waals surface area contributed by atoms with Crippen LogP contribution in [0.3, 0.4) is 0 Å². The zero-order valence-corrected chi connectivity index (χ0v) is 17.0. The standard InChI is InChI=1S/C24H27N3O2/c1-19-17-21(20(2)27(19)18-23-9-6-16-29-23)10-11-24(28)26-14-12-25(13-15-26)22-7-4-3-5-8-22/h3-11,16-17H,12-15,18H2,1-2H3/b11-10+. The average Bonchev–Trinajstić information content (AvgIpc) is 3.36. The van der Waals surface area contributed by atoms with Crippen LogP contribution in [0.1, 0.15) is 22.7 Å². The van der Waals surface area contributed by atoms with E-state index in [-0.39, 0.29) is 5.91 Å². The molecule has 0 radical (unpaired) electrons. The van der Waals surface area contributed by atoms with Crippen LogP contribution >= 0.6 is 0 Å². The molecule has 5 heteroatoms. The Morgan fingerprint density at radius 3 is 2.48 bits per heavy atom. The summed E-state index contributed by atoms with van der Waals surface area (Å²) in [5.41, 5.74) is 4.59. The van der Waals surface area contributed by atoms with Crippen molar-refractivity contribution >= 4 is 17.7 Å². The molecular weight excluding hydrogens is 362 g/mol. The van der Waals surface area contributed by atoms with Crippen LogP contribution in [-0.2, 0) is 11.3 Å². The molecule has 3 heterocycles. The summed E-state index contributed by atoms with van der Waals surface area (Å²) in [7, 11) is 0. The number of hydrogen-bond donors (Lipinski definition) is 0. The fourth-order valence-corrected chi connectivity index (χ4v) is 3.89. The van der Waals surface area contributed by atoms with E-state index in [9.17, 15) is 4.79 Å². The predicted octanol–water partition coefficient (Wildman–Crippen LogP) is 4.11. The lowest BCUT2D eigenvalue weighted by molar-refractivity contribution is -0.126. The highest BCUT2D eigenvalue weighted by molar-refractivity contribution is 5.92. The van der Waals surface area contributed by atoms with E-state index < -0.39 is 0 Å². The Morgan fingerprint density at radius 1 is 1.03 bits per heavy atom. The van der Waals surface area contributed by atoms with Crippen LogP contribution in [0.2, 0.25) is 0 Å². The van der Waals surface area contributed by atoms with Crippen molar-refractivity contribution in [3.8, 4) is 0 Å². The Morgan fingerprint density at radius 2 is 1.79 bits per heavy atom. The minimum absolute atomic E-state index is 0.0774. The molecule has 2 aromatic heterocycles. The fourth-order valence-electron chi connectivity index (χ4n) is 3.89. The lowest BCUT2D eigenvalue weighted by Gasteiger charge is -2.35. The molecule has 29 heavy (non-hydrogen) atoms. The molecule has 1 aliphatic rings. The number of amides is 1. The first-order chi connectivity index (χ1) is 14.1. The maximum Gasteiger partial charge on any atom is 0.246 e. The fraction of sp³-hybridized carbons (Fsp3) is 0.292. The van der Waals surface area contributed by atoms with Crippen molar-refractivity contribution in [3.05, 3.63) is 83.6 Å². The quantitative estimate of drug-likeness (QED) is 0.617. The molecule has 0 aliphatic carbocycles. The van der Waals surface area contributed by atoms with E-state index in [2.05, 4.69) is 53.6 Å². The molecule has 0 N–H and O–H groups in total. The normalized spacial score (nSPS) is 14.7. The van der Waals surface area contributed by atoms with Crippen LogP contribution in [0.15, 0.2) is 65.3 Å². The molecule has 1 fully saturated rings. The molecule has 1 amide bonds.